The average molecular weight is 468 g/mol. The van der Waals surface area contributed by atoms with E-state index < -0.39 is 16.8 Å². The summed E-state index contributed by atoms with van der Waals surface area (Å²) in [6.45, 7) is 22.3. The molecule has 0 aromatic rings. The van der Waals surface area contributed by atoms with Gasteiger partial charge in [-0.2, -0.15) is 6.08 Å². The Morgan fingerprint density at radius 3 is 1.14 bits per heavy atom. The topological polar surface area (TPSA) is 69.2 Å². The number of rotatable bonds is 6. The number of hydrogen-bond acceptors (Lipinski definition) is 3. The smallest absolute Gasteiger partial charge is 0.850 e. The van der Waals surface area contributed by atoms with Gasteiger partial charge in [-0.1, -0.05) is 66.7 Å². The van der Waals surface area contributed by atoms with Crippen molar-refractivity contribution in [3.63, 3.8) is 0 Å². The van der Waals surface area contributed by atoms with Crippen molar-refractivity contribution in [3.05, 3.63) is 61.8 Å². The van der Waals surface area contributed by atoms with E-state index in [-0.39, 0.29) is 26.2 Å². The second-order valence-corrected chi connectivity index (χ2v) is 8.22. The molecule has 0 atom stereocenters. The van der Waals surface area contributed by atoms with Crippen molar-refractivity contribution in [1.82, 2.24) is 0 Å². The Morgan fingerprint density at radius 2 is 1.11 bits per heavy atom. The van der Waals surface area contributed by atoms with Gasteiger partial charge in [-0.3, -0.25) is 6.08 Å². The van der Waals surface area contributed by atoms with Crippen LogP contribution in [0.15, 0.2) is 55.7 Å². The van der Waals surface area contributed by atoms with E-state index in [1.165, 1.54) is 5.57 Å². The molecule has 0 aromatic carbocycles. The first-order valence-electron chi connectivity index (χ1n) is 9.26. The molecular formula is C24H40O3Zr. The Morgan fingerprint density at radius 1 is 0.821 bits per heavy atom. The Hall–Kier alpha value is -0.537. The molecule has 1 aliphatic rings. The SMILES string of the molecule is C=CCC(C)(C)[O-].C=CCC(C)(C)[O-].C=CCC(C)(C)[O-].CC1=[C-]CC=C1.[Zr+4]. The Balaban J connectivity index is -0.000000136. The van der Waals surface area contributed by atoms with Gasteiger partial charge in [-0.25, -0.2) is 11.6 Å². The third-order valence-corrected chi connectivity index (χ3v) is 2.77. The van der Waals surface area contributed by atoms with Crippen LogP contribution in [0.4, 0.5) is 0 Å². The van der Waals surface area contributed by atoms with E-state index in [9.17, 15) is 15.3 Å². The van der Waals surface area contributed by atoms with E-state index in [0.717, 1.165) is 6.42 Å². The van der Waals surface area contributed by atoms with Crippen LogP contribution in [0.2, 0.25) is 0 Å². The second-order valence-electron chi connectivity index (χ2n) is 8.22. The minimum Gasteiger partial charge on any atom is -0.850 e. The Bertz CT molecular complexity index is 405. The van der Waals surface area contributed by atoms with E-state index in [0.29, 0.717) is 19.3 Å². The van der Waals surface area contributed by atoms with Gasteiger partial charge < -0.3 is 15.3 Å². The maximum Gasteiger partial charge on any atom is 4.00 e. The normalized spacial score (nSPS) is 12.4. The molecule has 0 amide bonds. The van der Waals surface area contributed by atoms with Crippen molar-refractivity contribution in [2.24, 2.45) is 0 Å². The largest absolute Gasteiger partial charge is 4.00 e. The zero-order valence-electron chi connectivity index (χ0n) is 19.1. The molecule has 158 valence electrons. The van der Waals surface area contributed by atoms with Crippen LogP contribution in [0, 0.1) is 6.08 Å². The van der Waals surface area contributed by atoms with Crippen LogP contribution in [0.1, 0.15) is 74.1 Å². The van der Waals surface area contributed by atoms with Crippen molar-refractivity contribution in [2.75, 3.05) is 0 Å². The van der Waals surface area contributed by atoms with Crippen molar-refractivity contribution in [3.8, 4) is 0 Å². The first-order valence-corrected chi connectivity index (χ1v) is 9.26. The fraction of sp³-hybridized carbons (Fsp3) is 0.583. The molecule has 4 heteroatoms. The molecule has 0 fully saturated rings. The van der Waals surface area contributed by atoms with Gasteiger partial charge in [-0.15, -0.1) is 43.0 Å². The maximum atomic E-state index is 10.6. The van der Waals surface area contributed by atoms with Crippen molar-refractivity contribution in [1.29, 1.82) is 0 Å². The first kappa shape index (κ1) is 34.9. The molecule has 0 N–H and O–H groups in total. The summed E-state index contributed by atoms with van der Waals surface area (Å²) in [6, 6.07) is 0. The van der Waals surface area contributed by atoms with E-state index >= 15 is 0 Å². The second kappa shape index (κ2) is 18.5. The van der Waals surface area contributed by atoms with E-state index in [2.05, 4.69) is 44.9 Å². The van der Waals surface area contributed by atoms with Crippen LogP contribution in [-0.4, -0.2) is 16.8 Å². The predicted molar refractivity (Wildman–Crippen MR) is 113 cm³/mol. The summed E-state index contributed by atoms with van der Waals surface area (Å²) in [5.41, 5.74) is -1.18. The minimum atomic E-state index is -0.818. The van der Waals surface area contributed by atoms with Crippen LogP contribution < -0.4 is 15.3 Å². The van der Waals surface area contributed by atoms with Crippen molar-refractivity contribution < 1.29 is 41.5 Å². The molecule has 3 nitrogen and oxygen atoms in total. The third-order valence-electron chi connectivity index (χ3n) is 2.77. The summed E-state index contributed by atoms with van der Waals surface area (Å²) in [6.07, 6.45) is 14.9. The predicted octanol–water partition coefficient (Wildman–Crippen LogP) is 3.80. The molecule has 0 radical (unpaired) electrons. The summed E-state index contributed by atoms with van der Waals surface area (Å²) in [5, 5.41) is 31.9. The summed E-state index contributed by atoms with van der Waals surface area (Å²) in [4.78, 5) is 0. The van der Waals surface area contributed by atoms with E-state index in [4.69, 9.17) is 0 Å². The van der Waals surface area contributed by atoms with Crippen LogP contribution in [0.3, 0.4) is 0 Å². The molecule has 0 aromatic heterocycles. The summed E-state index contributed by atoms with van der Waals surface area (Å²) >= 11 is 0. The van der Waals surface area contributed by atoms with Gasteiger partial charge in [0.1, 0.15) is 0 Å². The van der Waals surface area contributed by atoms with Gasteiger partial charge in [0.15, 0.2) is 0 Å². The monoisotopic (exact) mass is 466 g/mol. The van der Waals surface area contributed by atoms with Gasteiger partial charge >= 0.3 is 26.2 Å². The Kier molecular flexibility index (Phi) is 23.1. The molecule has 0 spiro atoms. The third kappa shape index (κ3) is 44.7. The minimum absolute atomic E-state index is 0. The van der Waals surface area contributed by atoms with Gasteiger partial charge in [0.2, 0.25) is 0 Å². The first-order chi connectivity index (χ1) is 12.1. The molecule has 0 saturated carbocycles. The van der Waals surface area contributed by atoms with Crippen LogP contribution in [0.25, 0.3) is 0 Å². The molecule has 1 rings (SSSR count). The fourth-order valence-electron chi connectivity index (χ4n) is 1.56. The van der Waals surface area contributed by atoms with Crippen LogP contribution in [-0.2, 0) is 26.2 Å². The Labute approximate surface area is 193 Å². The molecule has 1 aliphatic carbocycles. The standard InChI is InChI=1S/3C6H11O.C6H7.Zr/c3*1-4-5-6(2,3)7;1-6-4-2-3-5-6;/h3*4H,1,5H2,2-3H3;2,4H,3H2,1H3;/q4*-1;+4. The average Bonchev–Trinajstić information content (AvgIpc) is 2.87. The molecule has 0 unspecified atom stereocenters. The molecule has 28 heavy (non-hydrogen) atoms. The van der Waals surface area contributed by atoms with Crippen molar-refractivity contribution >= 4 is 0 Å². The summed E-state index contributed by atoms with van der Waals surface area (Å²) < 4.78 is 0. The molecular weight excluding hydrogens is 427 g/mol. The maximum absolute atomic E-state index is 10.6. The molecule has 0 aliphatic heterocycles. The van der Waals surface area contributed by atoms with Crippen LogP contribution in [0.5, 0.6) is 0 Å². The van der Waals surface area contributed by atoms with Crippen LogP contribution >= 0.6 is 0 Å². The van der Waals surface area contributed by atoms with E-state index in [1.807, 2.05) is 0 Å². The summed E-state index contributed by atoms with van der Waals surface area (Å²) in [5.74, 6) is 0. The van der Waals surface area contributed by atoms with Crippen molar-refractivity contribution in [2.45, 2.75) is 91.0 Å². The molecule has 0 heterocycles. The molecule has 0 saturated heterocycles. The summed E-state index contributed by atoms with van der Waals surface area (Å²) in [7, 11) is 0. The van der Waals surface area contributed by atoms with Gasteiger partial charge in [0.05, 0.1) is 0 Å². The van der Waals surface area contributed by atoms with Gasteiger partial charge in [0.25, 0.3) is 0 Å². The molecule has 0 bridgehead atoms. The van der Waals surface area contributed by atoms with E-state index in [1.54, 1.807) is 59.8 Å². The fourth-order valence-corrected chi connectivity index (χ4v) is 1.56. The van der Waals surface area contributed by atoms with Gasteiger partial charge in [-0.05, 0) is 19.3 Å². The van der Waals surface area contributed by atoms with Gasteiger partial charge in [0, 0.05) is 0 Å². The quantitative estimate of drug-likeness (QED) is 0.441. The zero-order chi connectivity index (χ0) is 22.1. The number of allylic oxidation sites excluding steroid dienone is 4. The zero-order valence-corrected chi connectivity index (χ0v) is 21.5. The number of hydrogen-bond donors (Lipinski definition) is 0.